The predicted octanol–water partition coefficient (Wildman–Crippen LogP) is 3.75. The van der Waals surface area contributed by atoms with Gasteiger partial charge >= 0.3 is 0 Å². The van der Waals surface area contributed by atoms with Gasteiger partial charge in [-0.15, -0.1) is 0 Å². The molecule has 0 aromatic heterocycles. The molecule has 0 saturated carbocycles. The number of allylic oxidation sites excluding steroid dienone is 2. The SMILES string of the molecule is CCC(=C[Si]c1ccccc1[Si]C=C(CC)CC)CC. The van der Waals surface area contributed by atoms with Crippen molar-refractivity contribution in [3.05, 3.63) is 46.8 Å². The van der Waals surface area contributed by atoms with Gasteiger partial charge in [-0.2, -0.15) is 0 Å². The molecule has 1 rings (SSSR count). The van der Waals surface area contributed by atoms with Gasteiger partial charge in [-0.25, -0.2) is 0 Å². The molecular formula is C18H26Si2. The Bertz CT molecular complexity index is 403. The molecule has 4 radical (unpaired) electrons. The molecule has 0 aliphatic heterocycles. The average molecular weight is 299 g/mol. The number of benzene rings is 1. The molecule has 0 unspecified atom stereocenters. The fourth-order valence-corrected chi connectivity index (χ4v) is 4.83. The van der Waals surface area contributed by atoms with Crippen LogP contribution in [0.1, 0.15) is 53.4 Å². The summed E-state index contributed by atoms with van der Waals surface area (Å²) < 4.78 is 0. The maximum absolute atomic E-state index is 2.45. The smallest absolute Gasteiger partial charge is 0.0941 e. The van der Waals surface area contributed by atoms with Gasteiger partial charge in [0.1, 0.15) is 19.0 Å². The molecular weight excluding hydrogens is 272 g/mol. The molecule has 106 valence electrons. The van der Waals surface area contributed by atoms with Gasteiger partial charge in [0.15, 0.2) is 0 Å². The second-order valence-corrected chi connectivity index (χ2v) is 7.09. The van der Waals surface area contributed by atoms with Gasteiger partial charge in [-0.1, -0.05) is 84.9 Å². The lowest BCUT2D eigenvalue weighted by atomic mass is 10.2. The molecule has 1 aromatic rings. The first-order valence-electron chi connectivity index (χ1n) is 7.72. The van der Waals surface area contributed by atoms with Crippen LogP contribution < -0.4 is 10.4 Å². The van der Waals surface area contributed by atoms with E-state index in [1.165, 1.54) is 36.1 Å². The molecule has 0 bridgehead atoms. The highest BCUT2D eigenvalue weighted by atomic mass is 28.2. The number of hydrogen-bond donors (Lipinski definition) is 0. The normalized spacial score (nSPS) is 10.2. The van der Waals surface area contributed by atoms with Gasteiger partial charge in [0.25, 0.3) is 0 Å². The first-order chi connectivity index (χ1) is 9.74. The van der Waals surface area contributed by atoms with Crippen molar-refractivity contribution in [3.63, 3.8) is 0 Å². The van der Waals surface area contributed by atoms with E-state index in [-0.39, 0.29) is 0 Å². The van der Waals surface area contributed by atoms with Gasteiger partial charge in [-0.05, 0) is 25.7 Å². The fourth-order valence-electron chi connectivity index (χ4n) is 2.00. The lowest BCUT2D eigenvalue weighted by Crippen LogP contribution is -2.34. The summed E-state index contributed by atoms with van der Waals surface area (Å²) in [6.07, 6.45) is 4.74. The second-order valence-electron chi connectivity index (χ2n) is 4.85. The summed E-state index contributed by atoms with van der Waals surface area (Å²) in [5.74, 6) is 0. The van der Waals surface area contributed by atoms with Crippen LogP contribution in [0.4, 0.5) is 0 Å². The molecule has 0 spiro atoms. The molecule has 2 heteroatoms. The molecule has 0 aliphatic rings. The highest BCUT2D eigenvalue weighted by Crippen LogP contribution is 2.04. The van der Waals surface area contributed by atoms with Gasteiger partial charge in [0.2, 0.25) is 0 Å². The van der Waals surface area contributed by atoms with Crippen LogP contribution in [0.5, 0.6) is 0 Å². The second kappa shape index (κ2) is 9.95. The molecule has 0 nitrogen and oxygen atoms in total. The van der Waals surface area contributed by atoms with Crippen molar-refractivity contribution in [2.75, 3.05) is 0 Å². The molecule has 0 amide bonds. The Kier molecular flexibility index (Phi) is 8.55. The van der Waals surface area contributed by atoms with Crippen LogP contribution >= 0.6 is 0 Å². The largest absolute Gasteiger partial charge is 0.111 e. The van der Waals surface area contributed by atoms with Crippen LogP contribution in [0.15, 0.2) is 46.8 Å². The quantitative estimate of drug-likeness (QED) is 0.641. The average Bonchev–Trinajstić information content (AvgIpc) is 2.50. The fraction of sp³-hybridized carbons (Fsp3) is 0.444. The Morgan fingerprint density at radius 3 is 1.40 bits per heavy atom. The zero-order valence-corrected chi connectivity index (χ0v) is 15.3. The Morgan fingerprint density at radius 2 is 1.10 bits per heavy atom. The van der Waals surface area contributed by atoms with Crippen molar-refractivity contribution >= 4 is 29.4 Å². The van der Waals surface area contributed by atoms with E-state index >= 15 is 0 Å². The molecule has 0 fully saturated rings. The Balaban J connectivity index is 2.83. The number of rotatable bonds is 8. The molecule has 0 saturated heterocycles. The van der Waals surface area contributed by atoms with E-state index in [4.69, 9.17) is 0 Å². The van der Waals surface area contributed by atoms with Gasteiger partial charge in [-0.3, -0.25) is 0 Å². The van der Waals surface area contributed by atoms with E-state index in [1.807, 2.05) is 0 Å². The summed E-state index contributed by atoms with van der Waals surface area (Å²) in [5.41, 5.74) is 8.07. The zero-order chi connectivity index (χ0) is 14.8. The Morgan fingerprint density at radius 1 is 0.750 bits per heavy atom. The molecule has 1 aromatic carbocycles. The standard InChI is InChI=1S/C18H26Si2/c1-5-15(6-2)13-19-17-11-9-10-12-18(17)20-14-16(7-3)8-4/h9-14H,5-8H2,1-4H3. The minimum Gasteiger partial charge on any atom is -0.0941 e. The highest BCUT2D eigenvalue weighted by Gasteiger charge is 2.02. The third-order valence-corrected chi connectivity index (χ3v) is 6.46. The summed E-state index contributed by atoms with van der Waals surface area (Å²) in [6, 6.07) is 8.94. The molecule has 0 heterocycles. The van der Waals surface area contributed by atoms with E-state index in [1.54, 1.807) is 11.1 Å². The van der Waals surface area contributed by atoms with Crippen molar-refractivity contribution in [1.29, 1.82) is 0 Å². The summed E-state index contributed by atoms with van der Waals surface area (Å²) in [5, 5.41) is 3.04. The van der Waals surface area contributed by atoms with Crippen molar-refractivity contribution in [2.24, 2.45) is 0 Å². The first-order valence-corrected chi connectivity index (χ1v) is 9.88. The van der Waals surface area contributed by atoms with Crippen LogP contribution in [0.3, 0.4) is 0 Å². The molecule has 0 atom stereocenters. The summed E-state index contributed by atoms with van der Waals surface area (Å²) in [7, 11) is 1.64. The van der Waals surface area contributed by atoms with Gasteiger partial charge in [0.05, 0.1) is 0 Å². The molecule has 20 heavy (non-hydrogen) atoms. The maximum Gasteiger partial charge on any atom is 0.111 e. The highest BCUT2D eigenvalue weighted by molar-refractivity contribution is 6.71. The monoisotopic (exact) mass is 298 g/mol. The predicted molar refractivity (Wildman–Crippen MR) is 94.5 cm³/mol. The molecule has 0 N–H and O–H groups in total. The topological polar surface area (TPSA) is 0 Å². The zero-order valence-electron chi connectivity index (χ0n) is 13.3. The van der Waals surface area contributed by atoms with Crippen LogP contribution in [0.25, 0.3) is 0 Å². The Labute approximate surface area is 130 Å². The van der Waals surface area contributed by atoms with Crippen molar-refractivity contribution in [1.82, 2.24) is 0 Å². The summed E-state index contributed by atoms with van der Waals surface area (Å²) in [6.45, 7) is 9.02. The van der Waals surface area contributed by atoms with Crippen LogP contribution in [0, 0.1) is 0 Å². The lowest BCUT2D eigenvalue weighted by molar-refractivity contribution is 0.982. The van der Waals surface area contributed by atoms with E-state index in [9.17, 15) is 0 Å². The van der Waals surface area contributed by atoms with Gasteiger partial charge < -0.3 is 0 Å². The van der Waals surface area contributed by atoms with E-state index in [0.717, 1.165) is 19.0 Å². The minimum absolute atomic E-state index is 0.818. The Hall–Kier alpha value is -0.866. The van der Waals surface area contributed by atoms with E-state index in [0.29, 0.717) is 0 Å². The van der Waals surface area contributed by atoms with Crippen molar-refractivity contribution in [3.8, 4) is 0 Å². The van der Waals surface area contributed by atoms with Crippen LogP contribution in [-0.4, -0.2) is 19.0 Å². The minimum atomic E-state index is 0.818. The van der Waals surface area contributed by atoms with E-state index < -0.39 is 0 Å². The third-order valence-electron chi connectivity index (χ3n) is 3.61. The number of hydrogen-bond acceptors (Lipinski definition) is 0. The van der Waals surface area contributed by atoms with Crippen LogP contribution in [-0.2, 0) is 0 Å². The summed E-state index contributed by atoms with van der Waals surface area (Å²) >= 11 is 0. The van der Waals surface area contributed by atoms with E-state index in [2.05, 4.69) is 63.4 Å². The van der Waals surface area contributed by atoms with Crippen molar-refractivity contribution in [2.45, 2.75) is 53.4 Å². The lowest BCUT2D eigenvalue weighted by Gasteiger charge is -2.07. The van der Waals surface area contributed by atoms with Crippen molar-refractivity contribution < 1.29 is 0 Å². The third kappa shape index (κ3) is 5.63. The first kappa shape index (κ1) is 17.2. The summed E-state index contributed by atoms with van der Waals surface area (Å²) in [4.78, 5) is 0. The van der Waals surface area contributed by atoms with Gasteiger partial charge in [0, 0.05) is 0 Å². The molecule has 0 aliphatic carbocycles. The van der Waals surface area contributed by atoms with Crippen LogP contribution in [0.2, 0.25) is 0 Å². The maximum atomic E-state index is 2.45.